The van der Waals surface area contributed by atoms with Gasteiger partial charge >= 0.3 is 7.82 Å². The van der Waals surface area contributed by atoms with Crippen molar-refractivity contribution in [2.24, 2.45) is 5.73 Å². The van der Waals surface area contributed by atoms with Gasteiger partial charge in [0.25, 0.3) is 0 Å². The van der Waals surface area contributed by atoms with E-state index >= 15 is 0 Å². The number of nitrogens with two attached hydrogens (primary N) is 1. The Morgan fingerprint density at radius 1 is 0.765 bits per heavy atom. The normalized spacial score (nSPS) is 14.8. The van der Waals surface area contributed by atoms with E-state index in [-0.39, 0.29) is 26.4 Å². The molecule has 4 N–H and O–H groups in total. The summed E-state index contributed by atoms with van der Waals surface area (Å²) in [6.45, 7) is 2.62. The standard InChI is InChI=1S/C26H52NO6P/c1-2-3-4-5-6-7-8-9-10-11-12-13-14-15-16-17-18-19-20-22-31-24-26(28)25-33-34(29,30)32-23-21-27/h7-8,10-11,26,28H,2-6,9,12-25,27H2,1H3,(H,29,30)/b8-7-,11-10-. The van der Waals surface area contributed by atoms with Gasteiger partial charge < -0.3 is 20.5 Å². The third-order valence-corrected chi connectivity index (χ3v) is 6.34. The molecule has 0 aliphatic carbocycles. The maximum absolute atomic E-state index is 11.4. The quantitative estimate of drug-likeness (QED) is 0.0704. The molecule has 2 atom stereocenters. The van der Waals surface area contributed by atoms with Crippen molar-refractivity contribution < 1.29 is 28.3 Å². The molecule has 2 unspecified atom stereocenters. The molecule has 0 amide bonds. The van der Waals surface area contributed by atoms with Crippen LogP contribution in [-0.4, -0.2) is 49.1 Å². The summed E-state index contributed by atoms with van der Waals surface area (Å²) in [6, 6.07) is 0. The van der Waals surface area contributed by atoms with E-state index in [1.54, 1.807) is 0 Å². The molecule has 0 aliphatic rings. The van der Waals surface area contributed by atoms with Gasteiger partial charge in [-0.2, -0.15) is 0 Å². The monoisotopic (exact) mass is 505 g/mol. The third-order valence-electron chi connectivity index (χ3n) is 5.35. The molecule has 7 nitrogen and oxygen atoms in total. The van der Waals surface area contributed by atoms with Gasteiger partial charge in [-0.15, -0.1) is 0 Å². The van der Waals surface area contributed by atoms with Crippen LogP contribution in [0.1, 0.15) is 103 Å². The molecular formula is C26H52NO6P. The van der Waals surface area contributed by atoms with E-state index in [9.17, 15) is 14.6 Å². The van der Waals surface area contributed by atoms with Gasteiger partial charge in [-0.3, -0.25) is 9.05 Å². The molecule has 8 heteroatoms. The molecule has 0 aromatic carbocycles. The van der Waals surface area contributed by atoms with Crippen LogP contribution in [0.2, 0.25) is 0 Å². The van der Waals surface area contributed by atoms with Crippen LogP contribution in [0.15, 0.2) is 24.3 Å². The molecule has 0 saturated carbocycles. The topological polar surface area (TPSA) is 111 Å². The highest BCUT2D eigenvalue weighted by Crippen LogP contribution is 2.42. The average molecular weight is 506 g/mol. The Kier molecular flexibility index (Phi) is 25.2. The van der Waals surface area contributed by atoms with Crippen LogP contribution in [0, 0.1) is 0 Å². The number of phosphoric ester groups is 1. The van der Waals surface area contributed by atoms with E-state index < -0.39 is 13.9 Å². The fourth-order valence-electron chi connectivity index (χ4n) is 3.38. The lowest BCUT2D eigenvalue weighted by atomic mass is 10.1. The van der Waals surface area contributed by atoms with Gasteiger partial charge in [-0.25, -0.2) is 4.57 Å². The first-order valence-electron chi connectivity index (χ1n) is 13.4. The molecule has 0 fully saturated rings. The van der Waals surface area contributed by atoms with Gasteiger partial charge in [0, 0.05) is 13.2 Å². The fraction of sp³-hybridized carbons (Fsp3) is 0.846. The second kappa shape index (κ2) is 25.6. The number of allylic oxidation sites excluding steroid dienone is 4. The SMILES string of the molecule is CCCCCC/C=C\C/C=C\CCCCCCCCCCOCC(O)COP(=O)(O)OCCN. The summed E-state index contributed by atoms with van der Waals surface area (Å²) >= 11 is 0. The van der Waals surface area contributed by atoms with Crippen LogP contribution < -0.4 is 5.73 Å². The fourth-order valence-corrected chi connectivity index (χ4v) is 4.15. The molecule has 0 radical (unpaired) electrons. The Morgan fingerprint density at radius 2 is 1.32 bits per heavy atom. The van der Waals surface area contributed by atoms with E-state index in [1.807, 2.05) is 0 Å². The van der Waals surface area contributed by atoms with E-state index in [2.05, 4.69) is 40.3 Å². The zero-order chi connectivity index (χ0) is 25.2. The van der Waals surface area contributed by atoms with Crippen molar-refractivity contribution in [3.8, 4) is 0 Å². The van der Waals surface area contributed by atoms with Crippen molar-refractivity contribution in [2.45, 2.75) is 109 Å². The molecule has 0 bridgehead atoms. The van der Waals surface area contributed by atoms with Crippen LogP contribution in [0.3, 0.4) is 0 Å². The highest BCUT2D eigenvalue weighted by molar-refractivity contribution is 7.47. The lowest BCUT2D eigenvalue weighted by molar-refractivity contribution is 0.00230. The Hall–Kier alpha value is -0.530. The van der Waals surface area contributed by atoms with Crippen LogP contribution >= 0.6 is 7.82 Å². The Labute approximate surface area is 208 Å². The van der Waals surface area contributed by atoms with Crippen molar-refractivity contribution in [1.29, 1.82) is 0 Å². The van der Waals surface area contributed by atoms with Gasteiger partial charge in [-0.05, 0) is 38.5 Å². The van der Waals surface area contributed by atoms with E-state index in [4.69, 9.17) is 10.5 Å². The third kappa shape index (κ3) is 26.1. The van der Waals surface area contributed by atoms with Gasteiger partial charge in [-0.1, -0.05) is 89.0 Å². The molecule has 0 heterocycles. The van der Waals surface area contributed by atoms with E-state index in [1.165, 1.54) is 77.0 Å². The molecule has 34 heavy (non-hydrogen) atoms. The van der Waals surface area contributed by atoms with Gasteiger partial charge in [0.1, 0.15) is 6.10 Å². The summed E-state index contributed by atoms with van der Waals surface area (Å²) < 4.78 is 26.1. The summed E-state index contributed by atoms with van der Waals surface area (Å²) in [6.07, 6.45) is 26.8. The molecule has 0 spiro atoms. The van der Waals surface area contributed by atoms with Crippen LogP contribution in [0.4, 0.5) is 0 Å². The zero-order valence-corrected chi connectivity index (χ0v) is 22.5. The zero-order valence-electron chi connectivity index (χ0n) is 21.6. The Balaban J connectivity index is 3.33. The van der Waals surface area contributed by atoms with Crippen LogP contribution in [-0.2, 0) is 18.3 Å². The molecule has 0 rings (SSSR count). The van der Waals surface area contributed by atoms with E-state index in [0.717, 1.165) is 19.3 Å². The first-order valence-corrected chi connectivity index (χ1v) is 14.9. The maximum Gasteiger partial charge on any atom is 0.472 e. The molecule has 0 saturated heterocycles. The first kappa shape index (κ1) is 33.5. The number of aliphatic hydroxyl groups is 1. The molecule has 202 valence electrons. The average Bonchev–Trinajstić information content (AvgIpc) is 2.82. The summed E-state index contributed by atoms with van der Waals surface area (Å²) in [5, 5.41) is 9.73. The van der Waals surface area contributed by atoms with Crippen LogP contribution in [0.25, 0.3) is 0 Å². The van der Waals surface area contributed by atoms with Gasteiger partial charge in [0.2, 0.25) is 0 Å². The summed E-state index contributed by atoms with van der Waals surface area (Å²) in [4.78, 5) is 9.34. The second-order valence-electron chi connectivity index (χ2n) is 8.76. The van der Waals surface area contributed by atoms with Crippen molar-refractivity contribution >= 4 is 7.82 Å². The number of phosphoric acid groups is 1. The lowest BCUT2D eigenvalue weighted by Crippen LogP contribution is -2.22. The minimum Gasteiger partial charge on any atom is -0.388 e. The number of ether oxygens (including phenoxy) is 1. The highest BCUT2D eigenvalue weighted by Gasteiger charge is 2.22. The first-order chi connectivity index (χ1) is 16.5. The number of hydrogen-bond acceptors (Lipinski definition) is 6. The molecular weight excluding hydrogens is 453 g/mol. The van der Waals surface area contributed by atoms with E-state index in [0.29, 0.717) is 6.61 Å². The predicted molar refractivity (Wildman–Crippen MR) is 141 cm³/mol. The molecule has 0 aromatic heterocycles. The smallest absolute Gasteiger partial charge is 0.388 e. The number of aliphatic hydroxyl groups excluding tert-OH is 1. The van der Waals surface area contributed by atoms with Crippen molar-refractivity contribution in [3.05, 3.63) is 24.3 Å². The predicted octanol–water partition coefficient (Wildman–Crippen LogP) is 6.44. The van der Waals surface area contributed by atoms with Crippen molar-refractivity contribution in [1.82, 2.24) is 0 Å². The Bertz CT molecular complexity index is 529. The largest absolute Gasteiger partial charge is 0.472 e. The molecule has 0 aliphatic heterocycles. The van der Waals surface area contributed by atoms with Gasteiger partial charge in [0.15, 0.2) is 0 Å². The highest BCUT2D eigenvalue weighted by atomic mass is 31.2. The molecule has 0 aromatic rings. The second-order valence-corrected chi connectivity index (χ2v) is 10.2. The number of hydrogen-bond donors (Lipinski definition) is 3. The summed E-state index contributed by atoms with van der Waals surface area (Å²) in [5.41, 5.74) is 5.19. The number of unbranched alkanes of at least 4 members (excludes halogenated alkanes) is 12. The lowest BCUT2D eigenvalue weighted by Gasteiger charge is -2.15. The number of rotatable bonds is 26. The van der Waals surface area contributed by atoms with Crippen molar-refractivity contribution in [3.63, 3.8) is 0 Å². The van der Waals surface area contributed by atoms with Crippen LogP contribution in [0.5, 0.6) is 0 Å². The Morgan fingerprint density at radius 3 is 1.91 bits per heavy atom. The summed E-state index contributed by atoms with van der Waals surface area (Å²) in [7, 11) is -4.15. The minimum atomic E-state index is -4.15. The maximum atomic E-state index is 11.4. The van der Waals surface area contributed by atoms with Crippen molar-refractivity contribution in [2.75, 3.05) is 33.0 Å². The summed E-state index contributed by atoms with van der Waals surface area (Å²) in [5.74, 6) is 0. The van der Waals surface area contributed by atoms with Gasteiger partial charge in [0.05, 0.1) is 19.8 Å². The minimum absolute atomic E-state index is 0.0701.